The molecule has 0 saturated carbocycles. The van der Waals surface area contributed by atoms with Gasteiger partial charge in [-0.3, -0.25) is 14.2 Å². The third-order valence-corrected chi connectivity index (χ3v) is 3.63. The van der Waals surface area contributed by atoms with Crippen LogP contribution in [0.15, 0.2) is 55.0 Å². The van der Waals surface area contributed by atoms with Gasteiger partial charge in [0.25, 0.3) is 0 Å². The molecular weight excluding hydrogens is 290 g/mol. The van der Waals surface area contributed by atoms with Gasteiger partial charge in [0.2, 0.25) is 5.91 Å². The van der Waals surface area contributed by atoms with E-state index in [0.717, 1.165) is 29.9 Å². The minimum atomic E-state index is -0.0158. The Morgan fingerprint density at radius 3 is 2.74 bits per heavy atom. The van der Waals surface area contributed by atoms with E-state index in [2.05, 4.69) is 15.5 Å². The molecule has 1 aromatic carbocycles. The van der Waals surface area contributed by atoms with E-state index < -0.39 is 0 Å². The molecule has 1 N–H and O–H groups in total. The van der Waals surface area contributed by atoms with Crippen molar-refractivity contribution in [1.82, 2.24) is 19.6 Å². The lowest BCUT2D eigenvalue weighted by Gasteiger charge is -2.09. The van der Waals surface area contributed by atoms with Crippen molar-refractivity contribution in [2.75, 3.05) is 5.32 Å². The zero-order chi connectivity index (χ0) is 16.1. The maximum atomic E-state index is 12.2. The molecule has 118 valence electrons. The number of benzene rings is 1. The van der Waals surface area contributed by atoms with E-state index in [4.69, 9.17) is 0 Å². The van der Waals surface area contributed by atoms with Gasteiger partial charge in [-0.15, -0.1) is 0 Å². The monoisotopic (exact) mass is 309 g/mol. The van der Waals surface area contributed by atoms with E-state index >= 15 is 0 Å². The summed E-state index contributed by atoms with van der Waals surface area (Å²) in [5.41, 5.74) is 1.96. The summed E-state index contributed by atoms with van der Waals surface area (Å²) in [6, 6.07) is 11.8. The third kappa shape index (κ3) is 3.66. The number of anilines is 1. The van der Waals surface area contributed by atoms with Crippen molar-refractivity contribution < 1.29 is 4.79 Å². The molecule has 3 rings (SSSR count). The maximum absolute atomic E-state index is 12.2. The molecule has 0 aliphatic heterocycles. The van der Waals surface area contributed by atoms with E-state index in [-0.39, 0.29) is 5.91 Å². The fourth-order valence-electron chi connectivity index (χ4n) is 2.44. The van der Waals surface area contributed by atoms with Crippen molar-refractivity contribution in [3.05, 3.63) is 55.0 Å². The van der Waals surface area contributed by atoms with E-state index in [0.29, 0.717) is 6.42 Å². The molecular formula is C17H19N5O. The van der Waals surface area contributed by atoms with Gasteiger partial charge in [0.05, 0.1) is 6.20 Å². The highest BCUT2D eigenvalue weighted by atomic mass is 16.1. The van der Waals surface area contributed by atoms with Crippen LogP contribution in [-0.4, -0.2) is 25.5 Å². The van der Waals surface area contributed by atoms with E-state index in [9.17, 15) is 4.79 Å². The van der Waals surface area contributed by atoms with E-state index in [1.807, 2.05) is 54.3 Å². The summed E-state index contributed by atoms with van der Waals surface area (Å²) in [7, 11) is 1.83. The molecule has 0 fully saturated rings. The summed E-state index contributed by atoms with van der Waals surface area (Å²) in [5.74, 6) is 0.707. The minimum Gasteiger partial charge on any atom is -0.310 e. The van der Waals surface area contributed by atoms with Crippen LogP contribution in [0, 0.1) is 0 Å². The van der Waals surface area contributed by atoms with Gasteiger partial charge in [-0.2, -0.15) is 10.2 Å². The van der Waals surface area contributed by atoms with Crippen LogP contribution in [0.5, 0.6) is 0 Å². The summed E-state index contributed by atoms with van der Waals surface area (Å²) in [5, 5.41) is 11.4. The Labute approximate surface area is 134 Å². The molecule has 0 aliphatic rings. The number of nitrogens with zero attached hydrogens (tertiary/aromatic N) is 4. The highest BCUT2D eigenvalue weighted by Crippen LogP contribution is 2.27. The number of hydrogen-bond acceptors (Lipinski definition) is 3. The first-order chi connectivity index (χ1) is 11.2. The molecule has 0 spiro atoms. The summed E-state index contributed by atoms with van der Waals surface area (Å²) in [6.07, 6.45) is 6.59. The Balaban J connectivity index is 1.63. The minimum absolute atomic E-state index is 0.0158. The molecule has 6 heteroatoms. The Morgan fingerprint density at radius 2 is 2.00 bits per heavy atom. The third-order valence-electron chi connectivity index (χ3n) is 3.63. The zero-order valence-corrected chi connectivity index (χ0v) is 13.0. The molecule has 0 aliphatic carbocycles. The molecule has 0 unspecified atom stereocenters. The first kappa shape index (κ1) is 15.0. The van der Waals surface area contributed by atoms with Gasteiger partial charge in [-0.1, -0.05) is 30.3 Å². The number of rotatable bonds is 6. The molecule has 23 heavy (non-hydrogen) atoms. The first-order valence-corrected chi connectivity index (χ1v) is 7.59. The SMILES string of the molecule is Cn1ncc(-c2ccccc2)c1NC(=O)CCCn1cccn1. The Hall–Kier alpha value is -2.89. The van der Waals surface area contributed by atoms with Gasteiger partial charge < -0.3 is 5.32 Å². The van der Waals surface area contributed by atoms with Crippen molar-refractivity contribution in [1.29, 1.82) is 0 Å². The van der Waals surface area contributed by atoms with E-state index in [1.165, 1.54) is 0 Å². The molecule has 2 aromatic heterocycles. The predicted octanol–water partition coefficient (Wildman–Crippen LogP) is 2.70. The number of aryl methyl sites for hydroxylation is 2. The number of aromatic nitrogens is 4. The van der Waals surface area contributed by atoms with Crippen LogP contribution in [0.4, 0.5) is 5.82 Å². The van der Waals surface area contributed by atoms with Crippen LogP contribution in [-0.2, 0) is 18.4 Å². The second kappa shape index (κ2) is 6.91. The molecule has 3 aromatic rings. The number of carbonyl (C=O) groups excluding carboxylic acids is 1. The smallest absolute Gasteiger partial charge is 0.225 e. The molecule has 0 radical (unpaired) electrons. The predicted molar refractivity (Wildman–Crippen MR) is 88.7 cm³/mol. The average molecular weight is 309 g/mol. The largest absolute Gasteiger partial charge is 0.310 e. The molecule has 0 saturated heterocycles. The topological polar surface area (TPSA) is 64.7 Å². The van der Waals surface area contributed by atoms with Crippen molar-refractivity contribution >= 4 is 11.7 Å². The fraction of sp³-hybridized carbons (Fsp3) is 0.235. The van der Waals surface area contributed by atoms with Gasteiger partial charge >= 0.3 is 0 Å². The Kier molecular flexibility index (Phi) is 4.52. The Bertz CT molecular complexity index is 762. The van der Waals surface area contributed by atoms with Crippen LogP contribution >= 0.6 is 0 Å². The number of amides is 1. The van der Waals surface area contributed by atoms with Crippen molar-refractivity contribution in [2.45, 2.75) is 19.4 Å². The fourth-order valence-corrected chi connectivity index (χ4v) is 2.44. The molecule has 2 heterocycles. The molecule has 0 bridgehead atoms. The first-order valence-electron chi connectivity index (χ1n) is 7.59. The summed E-state index contributed by atoms with van der Waals surface area (Å²) in [4.78, 5) is 12.2. The lowest BCUT2D eigenvalue weighted by atomic mass is 10.1. The normalized spacial score (nSPS) is 10.7. The summed E-state index contributed by atoms with van der Waals surface area (Å²) < 4.78 is 3.51. The highest BCUT2D eigenvalue weighted by molar-refractivity contribution is 5.94. The quantitative estimate of drug-likeness (QED) is 0.761. The van der Waals surface area contributed by atoms with Gasteiger partial charge in [0, 0.05) is 38.0 Å². The van der Waals surface area contributed by atoms with E-state index in [1.54, 1.807) is 17.1 Å². The molecule has 0 atom stereocenters. The van der Waals surface area contributed by atoms with Crippen molar-refractivity contribution in [3.63, 3.8) is 0 Å². The molecule has 6 nitrogen and oxygen atoms in total. The van der Waals surface area contributed by atoms with Gasteiger partial charge in [0.15, 0.2) is 0 Å². The highest BCUT2D eigenvalue weighted by Gasteiger charge is 2.13. The summed E-state index contributed by atoms with van der Waals surface area (Å²) in [6.45, 7) is 0.733. The average Bonchev–Trinajstić information content (AvgIpc) is 3.19. The van der Waals surface area contributed by atoms with Crippen LogP contribution in [0.2, 0.25) is 0 Å². The van der Waals surface area contributed by atoms with Crippen LogP contribution < -0.4 is 5.32 Å². The van der Waals surface area contributed by atoms with Gasteiger partial charge in [0.1, 0.15) is 5.82 Å². The number of nitrogens with one attached hydrogen (secondary N) is 1. The lowest BCUT2D eigenvalue weighted by molar-refractivity contribution is -0.116. The maximum Gasteiger partial charge on any atom is 0.225 e. The zero-order valence-electron chi connectivity index (χ0n) is 13.0. The standard InChI is InChI=1S/C17H19N5O/c1-21-17(15(13-19-21)14-7-3-2-4-8-14)20-16(23)9-5-11-22-12-6-10-18-22/h2-4,6-8,10,12-13H,5,9,11H2,1H3,(H,20,23). The molecule has 1 amide bonds. The number of carbonyl (C=O) groups is 1. The van der Waals surface area contributed by atoms with Gasteiger partial charge in [-0.05, 0) is 18.1 Å². The Morgan fingerprint density at radius 1 is 1.17 bits per heavy atom. The second-order valence-electron chi connectivity index (χ2n) is 5.32. The van der Waals surface area contributed by atoms with Gasteiger partial charge in [-0.25, -0.2) is 0 Å². The number of hydrogen-bond donors (Lipinski definition) is 1. The second-order valence-corrected chi connectivity index (χ2v) is 5.32. The van der Waals surface area contributed by atoms with Crippen molar-refractivity contribution in [3.8, 4) is 11.1 Å². The van der Waals surface area contributed by atoms with Crippen LogP contribution in [0.1, 0.15) is 12.8 Å². The van der Waals surface area contributed by atoms with Crippen molar-refractivity contribution in [2.24, 2.45) is 7.05 Å². The lowest BCUT2D eigenvalue weighted by Crippen LogP contribution is -2.15. The summed E-state index contributed by atoms with van der Waals surface area (Å²) >= 11 is 0. The van der Waals surface area contributed by atoms with Crippen LogP contribution in [0.3, 0.4) is 0 Å². The van der Waals surface area contributed by atoms with Crippen LogP contribution in [0.25, 0.3) is 11.1 Å².